The Kier molecular flexibility index (Phi) is 21.5. The molecule has 1 saturated carbocycles. The summed E-state index contributed by atoms with van der Waals surface area (Å²) in [6.07, 6.45) is 15.0. The van der Waals surface area contributed by atoms with E-state index < -0.39 is 5.92 Å². The number of hydrogen-bond donors (Lipinski definition) is 1. The third-order valence-electron chi connectivity index (χ3n) is 9.55. The molecule has 51 heavy (non-hydrogen) atoms. The predicted octanol–water partition coefficient (Wildman–Crippen LogP) is 11.2. The second-order valence-electron chi connectivity index (χ2n) is 13.8. The fraction of sp³-hybridized carbons (Fsp3) is 0.659. The molecular weight excluding hydrogens is 637 g/mol. The summed E-state index contributed by atoms with van der Waals surface area (Å²) in [5, 5.41) is 3.37. The number of allylic oxidation sites excluding steroid dienone is 5. The van der Waals surface area contributed by atoms with Crippen LogP contribution in [0.5, 0.6) is 0 Å². The molecule has 3 fully saturated rings. The molecule has 1 atom stereocenters. The molecule has 0 aromatic carbocycles. The number of pyridine rings is 1. The summed E-state index contributed by atoms with van der Waals surface area (Å²) in [5.74, 6) is -1.49. The third-order valence-corrected chi connectivity index (χ3v) is 9.55. The van der Waals surface area contributed by atoms with Crippen molar-refractivity contribution in [3.63, 3.8) is 0 Å². The second kappa shape index (κ2) is 23.7. The first-order valence-corrected chi connectivity index (χ1v) is 20.1. The fourth-order valence-electron chi connectivity index (χ4n) is 6.75. The molecule has 2 saturated heterocycles. The zero-order chi connectivity index (χ0) is 38.7. The number of piperidine rings is 1. The van der Waals surface area contributed by atoms with Gasteiger partial charge in [0.05, 0.1) is 0 Å². The number of aromatic nitrogens is 1. The largest absolute Gasteiger partial charge is 0.382 e. The SMILES string of the molecule is C=C1C=C(NC2CC2)C1=C.CC.CC.CC.CC/C(=C\C=C(/C)CC(C)(F)F)CN1CCC(N2CCN(c3ncc(C)cc3C)CC2CC)CC1. The van der Waals surface area contributed by atoms with Crippen LogP contribution in [0.1, 0.15) is 125 Å². The van der Waals surface area contributed by atoms with Gasteiger partial charge < -0.3 is 10.2 Å². The lowest BCUT2D eigenvalue weighted by Crippen LogP contribution is -2.58. The van der Waals surface area contributed by atoms with Crippen molar-refractivity contribution in [3.05, 3.63) is 82.8 Å². The third kappa shape index (κ3) is 15.8. The molecule has 1 aromatic heterocycles. The first kappa shape index (κ1) is 46.3. The second-order valence-corrected chi connectivity index (χ2v) is 13.8. The van der Waals surface area contributed by atoms with Crippen LogP contribution < -0.4 is 10.2 Å². The maximum atomic E-state index is 13.3. The minimum absolute atomic E-state index is 0.169. The number of aryl methyl sites for hydroxylation is 2. The molecule has 2 aliphatic carbocycles. The van der Waals surface area contributed by atoms with Crippen LogP contribution in [0.4, 0.5) is 14.6 Å². The lowest BCUT2D eigenvalue weighted by molar-refractivity contribution is 0.0227. The van der Waals surface area contributed by atoms with Crippen LogP contribution in [0.25, 0.3) is 0 Å². The van der Waals surface area contributed by atoms with Gasteiger partial charge >= 0.3 is 0 Å². The Bertz CT molecular complexity index is 1280. The van der Waals surface area contributed by atoms with E-state index in [1.807, 2.05) is 53.8 Å². The Morgan fingerprint density at radius 2 is 1.59 bits per heavy atom. The summed E-state index contributed by atoms with van der Waals surface area (Å²) in [6.45, 7) is 37.6. The van der Waals surface area contributed by atoms with Crippen LogP contribution >= 0.6 is 0 Å². The first-order valence-electron chi connectivity index (χ1n) is 20.1. The lowest BCUT2D eigenvalue weighted by atomic mass is 9.94. The minimum atomic E-state index is -2.64. The number of alkyl halides is 2. The van der Waals surface area contributed by atoms with Gasteiger partial charge in [-0.3, -0.25) is 9.80 Å². The molecule has 3 heterocycles. The number of anilines is 1. The van der Waals surface area contributed by atoms with Gasteiger partial charge in [-0.2, -0.15) is 0 Å². The lowest BCUT2D eigenvalue weighted by Gasteiger charge is -2.48. The maximum Gasteiger partial charge on any atom is 0.249 e. The average Bonchev–Trinajstić information content (AvgIpc) is 3.96. The highest BCUT2D eigenvalue weighted by atomic mass is 19.3. The van der Waals surface area contributed by atoms with E-state index in [-0.39, 0.29) is 6.42 Å². The summed E-state index contributed by atoms with van der Waals surface area (Å²) >= 11 is 0. The van der Waals surface area contributed by atoms with Gasteiger partial charge in [-0.1, -0.05) is 97.9 Å². The number of nitrogens with one attached hydrogen (secondary N) is 1. The van der Waals surface area contributed by atoms with Crippen molar-refractivity contribution >= 4 is 5.82 Å². The molecule has 1 unspecified atom stereocenters. The van der Waals surface area contributed by atoms with Crippen molar-refractivity contribution in [1.82, 2.24) is 20.1 Å². The molecule has 0 spiro atoms. The molecule has 290 valence electrons. The Balaban J connectivity index is 0.000000674. The molecule has 1 aromatic rings. The van der Waals surface area contributed by atoms with Crippen LogP contribution in [0, 0.1) is 13.8 Å². The molecule has 4 aliphatic rings. The Hall–Kier alpha value is -2.77. The highest BCUT2D eigenvalue weighted by Crippen LogP contribution is 2.31. The van der Waals surface area contributed by atoms with Crippen LogP contribution in [-0.2, 0) is 0 Å². The number of nitrogens with zero attached hydrogens (tertiary/aromatic N) is 4. The molecule has 5 nitrogen and oxygen atoms in total. The van der Waals surface area contributed by atoms with E-state index in [1.165, 1.54) is 48.1 Å². The van der Waals surface area contributed by atoms with Crippen molar-refractivity contribution in [2.45, 2.75) is 152 Å². The van der Waals surface area contributed by atoms with Crippen LogP contribution in [0.3, 0.4) is 0 Å². The molecular formula is C44H75F2N5. The summed E-state index contributed by atoms with van der Waals surface area (Å²) in [4.78, 5) is 12.5. The monoisotopic (exact) mass is 712 g/mol. The first-order chi connectivity index (χ1) is 24.4. The van der Waals surface area contributed by atoms with Gasteiger partial charge in [0.15, 0.2) is 0 Å². The molecule has 7 heteroatoms. The number of halogens is 2. The van der Waals surface area contributed by atoms with Crippen molar-refractivity contribution in [1.29, 1.82) is 0 Å². The zero-order valence-electron chi connectivity index (χ0n) is 34.8. The summed E-state index contributed by atoms with van der Waals surface area (Å²) in [6, 6.07) is 4.18. The fourth-order valence-corrected chi connectivity index (χ4v) is 6.75. The predicted molar refractivity (Wildman–Crippen MR) is 220 cm³/mol. The standard InChI is InChI=1S/C29H46F2N4.C9H11N.3C2H6/c1-7-25(10-9-22(3)18-29(6,30)31)20-33-13-11-27(12-14-33)35-16-15-34(21-26(35)8-2)28-24(5)17-23(4)19-32-28;1-6-5-9(7(6)2)10-8-3-4-8;3*1-2/h9-10,17,19,26-27H,7-8,11-16,18,20-21H2,1-6H3;5,8,10H,1-4H2;3*1-2H3/b22-9+,25-10+;;;;. The molecule has 5 rings (SSSR count). The average molecular weight is 712 g/mol. The van der Waals surface area contributed by atoms with Crippen LogP contribution in [0.15, 0.2) is 71.6 Å². The molecule has 2 aliphatic heterocycles. The van der Waals surface area contributed by atoms with E-state index in [2.05, 4.69) is 79.1 Å². The van der Waals surface area contributed by atoms with Crippen LogP contribution in [-0.4, -0.2) is 78.1 Å². The normalized spacial score (nSPS) is 20.2. The van der Waals surface area contributed by atoms with E-state index in [0.29, 0.717) is 12.1 Å². The topological polar surface area (TPSA) is 34.6 Å². The van der Waals surface area contributed by atoms with E-state index >= 15 is 0 Å². The maximum absolute atomic E-state index is 13.3. The molecule has 0 radical (unpaired) electrons. The Morgan fingerprint density at radius 1 is 0.961 bits per heavy atom. The van der Waals surface area contributed by atoms with Crippen molar-refractivity contribution < 1.29 is 8.78 Å². The van der Waals surface area contributed by atoms with Gasteiger partial charge in [-0.15, -0.1) is 0 Å². The van der Waals surface area contributed by atoms with Crippen molar-refractivity contribution in [3.8, 4) is 0 Å². The molecule has 0 bridgehead atoms. The highest BCUT2D eigenvalue weighted by Gasteiger charge is 2.34. The van der Waals surface area contributed by atoms with E-state index in [0.717, 1.165) is 87.6 Å². The number of rotatable bonds is 11. The number of likely N-dealkylation sites (tertiary alicyclic amines) is 1. The van der Waals surface area contributed by atoms with Gasteiger partial charge in [-0.05, 0) is 108 Å². The van der Waals surface area contributed by atoms with Gasteiger partial charge in [0, 0.05) is 62.6 Å². The van der Waals surface area contributed by atoms with E-state index in [4.69, 9.17) is 4.98 Å². The van der Waals surface area contributed by atoms with Crippen LogP contribution in [0.2, 0.25) is 0 Å². The number of hydrogen-bond acceptors (Lipinski definition) is 5. The van der Waals surface area contributed by atoms with Gasteiger partial charge in [0.2, 0.25) is 5.92 Å². The smallest absolute Gasteiger partial charge is 0.249 e. The minimum Gasteiger partial charge on any atom is -0.382 e. The summed E-state index contributed by atoms with van der Waals surface area (Å²) < 4.78 is 26.5. The Morgan fingerprint density at radius 3 is 2.08 bits per heavy atom. The van der Waals surface area contributed by atoms with E-state index in [9.17, 15) is 8.78 Å². The quantitative estimate of drug-likeness (QED) is 0.231. The van der Waals surface area contributed by atoms with Gasteiger partial charge in [-0.25, -0.2) is 13.8 Å². The zero-order valence-corrected chi connectivity index (χ0v) is 34.8. The summed E-state index contributed by atoms with van der Waals surface area (Å²) in [5.41, 5.74) is 7.92. The van der Waals surface area contributed by atoms with Gasteiger partial charge in [0.25, 0.3) is 0 Å². The molecule has 0 amide bonds. The van der Waals surface area contributed by atoms with E-state index in [1.54, 1.807) is 6.92 Å². The summed E-state index contributed by atoms with van der Waals surface area (Å²) in [7, 11) is 0. The molecule has 1 N–H and O–H groups in total. The van der Waals surface area contributed by atoms with Crippen molar-refractivity contribution in [2.24, 2.45) is 0 Å². The highest BCUT2D eigenvalue weighted by molar-refractivity contribution is 5.60. The number of piperazine rings is 1. The Labute approximate surface area is 313 Å². The van der Waals surface area contributed by atoms with Gasteiger partial charge in [0.1, 0.15) is 5.82 Å². The van der Waals surface area contributed by atoms with Crippen molar-refractivity contribution in [2.75, 3.05) is 44.2 Å².